The molecule has 0 saturated heterocycles. The van der Waals surface area contributed by atoms with E-state index in [0.29, 0.717) is 0 Å². The lowest BCUT2D eigenvalue weighted by atomic mass is 10.0. The first-order valence-corrected chi connectivity index (χ1v) is 7.42. The smallest absolute Gasteiger partial charge is 0.0305 e. The van der Waals surface area contributed by atoms with Crippen molar-refractivity contribution in [2.45, 2.75) is 68.2 Å². The summed E-state index contributed by atoms with van der Waals surface area (Å²) in [5, 5.41) is 0. The highest BCUT2D eigenvalue weighted by atomic mass is 14.0. The van der Waals surface area contributed by atoms with Crippen molar-refractivity contribution in [3.63, 3.8) is 0 Å². The van der Waals surface area contributed by atoms with Crippen molar-refractivity contribution in [2.75, 3.05) is 0 Å². The van der Waals surface area contributed by atoms with Crippen LogP contribution < -0.4 is 0 Å². The van der Waals surface area contributed by atoms with E-state index in [9.17, 15) is 0 Å². The van der Waals surface area contributed by atoms with Gasteiger partial charge in [0.05, 0.1) is 0 Å². The summed E-state index contributed by atoms with van der Waals surface area (Å²) in [6, 6.07) is 0. The molecule has 0 atom stereocenters. The summed E-state index contributed by atoms with van der Waals surface area (Å²) in [7, 11) is 0. The molecule has 0 heterocycles. The zero-order valence-electron chi connectivity index (χ0n) is 14.1. The van der Waals surface area contributed by atoms with Gasteiger partial charge in [-0.25, -0.2) is 0 Å². The van der Waals surface area contributed by atoms with Crippen LogP contribution in [-0.4, -0.2) is 0 Å². The van der Waals surface area contributed by atoms with E-state index in [1.54, 1.807) is 6.08 Å². The minimum Gasteiger partial charge on any atom is -0.0991 e. The third-order valence-corrected chi connectivity index (χ3v) is 1.81. The summed E-state index contributed by atoms with van der Waals surface area (Å²) >= 11 is 0. The predicted octanol–water partition coefficient (Wildman–Crippen LogP) is 7.11. The van der Waals surface area contributed by atoms with Crippen LogP contribution in [0.5, 0.6) is 0 Å². The van der Waals surface area contributed by atoms with Crippen molar-refractivity contribution in [1.29, 1.82) is 0 Å². The maximum Gasteiger partial charge on any atom is -0.0305 e. The summed E-state index contributed by atoms with van der Waals surface area (Å²) < 4.78 is 0. The van der Waals surface area contributed by atoms with Crippen LogP contribution in [0.3, 0.4) is 0 Å². The van der Waals surface area contributed by atoms with E-state index in [2.05, 4.69) is 33.1 Å². The van der Waals surface area contributed by atoms with Crippen LogP contribution >= 0.6 is 0 Å². The molecule has 0 fully saturated rings. The van der Waals surface area contributed by atoms with Gasteiger partial charge >= 0.3 is 0 Å². The molecule has 0 aliphatic heterocycles. The predicted molar refractivity (Wildman–Crippen MR) is 91.2 cm³/mol. The van der Waals surface area contributed by atoms with E-state index in [1.807, 2.05) is 53.7 Å². The molecule has 0 bridgehead atoms. The van der Waals surface area contributed by atoms with Crippen molar-refractivity contribution >= 4 is 0 Å². The Balaban J connectivity index is -0.000000141. The molecule has 0 amide bonds. The Hall–Kier alpha value is -1.04. The first kappa shape index (κ1) is 25.7. The van der Waals surface area contributed by atoms with Crippen molar-refractivity contribution in [3.05, 3.63) is 48.6 Å². The van der Waals surface area contributed by atoms with Gasteiger partial charge in [-0.15, -0.1) is 0 Å². The van der Waals surface area contributed by atoms with Gasteiger partial charge in [0.25, 0.3) is 0 Å². The number of allylic oxidation sites excluding steroid dienone is 6. The Bertz CT molecular complexity index is 204. The van der Waals surface area contributed by atoms with Gasteiger partial charge in [0, 0.05) is 0 Å². The highest BCUT2D eigenvalue weighted by Crippen LogP contribution is 2.14. The first-order valence-electron chi connectivity index (χ1n) is 7.42. The van der Waals surface area contributed by atoms with Gasteiger partial charge in [0.15, 0.2) is 0 Å². The molecule has 0 nitrogen and oxygen atoms in total. The molecule has 18 heavy (non-hydrogen) atoms. The molecule has 0 heteroatoms. The van der Waals surface area contributed by atoms with Crippen LogP contribution in [0.2, 0.25) is 0 Å². The van der Waals surface area contributed by atoms with Gasteiger partial charge in [-0.1, -0.05) is 98.4 Å². The maximum absolute atomic E-state index is 4.00. The fraction of sp³-hybridized carbons (Fsp3) is 0.556. The minimum absolute atomic E-state index is 1.03. The lowest BCUT2D eigenvalue weighted by molar-refractivity contribution is 1.03. The van der Waals surface area contributed by atoms with Crippen LogP contribution in [0.25, 0.3) is 0 Å². The molecule has 0 unspecified atom stereocenters. The van der Waals surface area contributed by atoms with Gasteiger partial charge in [0.2, 0.25) is 0 Å². The SMILES string of the molecule is C=C/C=C\C=C(\CC)C(=C)CC.CC.CC.CC. The van der Waals surface area contributed by atoms with E-state index < -0.39 is 0 Å². The van der Waals surface area contributed by atoms with Crippen molar-refractivity contribution in [1.82, 2.24) is 0 Å². The second-order valence-corrected chi connectivity index (χ2v) is 2.62. The molecule has 0 aromatic heterocycles. The zero-order chi connectivity index (χ0) is 15.4. The summed E-state index contributed by atoms with van der Waals surface area (Å²) in [6.45, 7) is 23.9. The Morgan fingerprint density at radius 3 is 1.56 bits per heavy atom. The monoisotopic (exact) mass is 252 g/mol. The van der Waals surface area contributed by atoms with Gasteiger partial charge in [0.1, 0.15) is 0 Å². The maximum atomic E-state index is 4.00. The van der Waals surface area contributed by atoms with E-state index in [4.69, 9.17) is 0 Å². The van der Waals surface area contributed by atoms with E-state index in [-0.39, 0.29) is 0 Å². The molecule has 0 saturated carbocycles. The van der Waals surface area contributed by atoms with Crippen molar-refractivity contribution in [2.24, 2.45) is 0 Å². The number of hydrogen-bond donors (Lipinski definition) is 0. The summed E-state index contributed by atoms with van der Waals surface area (Å²) in [6.07, 6.45) is 9.90. The molecular weight excluding hydrogens is 216 g/mol. The molecule has 108 valence electrons. The Morgan fingerprint density at radius 2 is 1.28 bits per heavy atom. The summed E-state index contributed by atoms with van der Waals surface area (Å²) in [5.74, 6) is 0. The molecule has 0 N–H and O–H groups in total. The van der Waals surface area contributed by atoms with E-state index in [1.165, 1.54) is 11.1 Å². The van der Waals surface area contributed by atoms with Gasteiger partial charge < -0.3 is 0 Å². The fourth-order valence-electron chi connectivity index (χ4n) is 0.963. The average Bonchev–Trinajstić information content (AvgIpc) is 2.49. The fourth-order valence-corrected chi connectivity index (χ4v) is 0.963. The van der Waals surface area contributed by atoms with E-state index in [0.717, 1.165) is 12.8 Å². The summed E-state index contributed by atoms with van der Waals surface area (Å²) in [5.41, 5.74) is 2.56. The topological polar surface area (TPSA) is 0 Å². The van der Waals surface area contributed by atoms with Crippen molar-refractivity contribution in [3.8, 4) is 0 Å². The molecular formula is C18H36. The van der Waals surface area contributed by atoms with Crippen LogP contribution in [-0.2, 0) is 0 Å². The van der Waals surface area contributed by atoms with Gasteiger partial charge in [-0.3, -0.25) is 0 Å². The molecule has 0 aromatic carbocycles. The molecule has 0 aromatic rings. The zero-order valence-corrected chi connectivity index (χ0v) is 14.1. The van der Waals surface area contributed by atoms with Gasteiger partial charge in [-0.2, -0.15) is 0 Å². The highest BCUT2D eigenvalue weighted by molar-refractivity contribution is 5.31. The Morgan fingerprint density at radius 1 is 0.833 bits per heavy atom. The average molecular weight is 252 g/mol. The third-order valence-electron chi connectivity index (χ3n) is 1.81. The number of hydrogen-bond acceptors (Lipinski definition) is 0. The molecule has 0 aliphatic rings. The molecule has 0 rings (SSSR count). The Labute approximate surface area is 117 Å². The minimum atomic E-state index is 1.03. The first-order chi connectivity index (χ1) is 8.76. The summed E-state index contributed by atoms with van der Waals surface area (Å²) in [4.78, 5) is 0. The molecule has 0 radical (unpaired) electrons. The largest absolute Gasteiger partial charge is 0.0991 e. The quantitative estimate of drug-likeness (QED) is 0.457. The van der Waals surface area contributed by atoms with Crippen LogP contribution in [0.15, 0.2) is 48.6 Å². The molecule has 0 spiro atoms. The second kappa shape index (κ2) is 29.7. The van der Waals surface area contributed by atoms with Crippen molar-refractivity contribution < 1.29 is 0 Å². The normalized spacial score (nSPS) is 9.00. The standard InChI is InChI=1S/C12H18.3C2H6/c1-5-8-9-10-12(7-3)11(4)6-2;3*1-2/h5,8-10H,1,4,6-7H2,2-3H3;3*1-2H3/b9-8-,12-10-;;;. The van der Waals surface area contributed by atoms with Crippen LogP contribution in [0.4, 0.5) is 0 Å². The number of rotatable bonds is 5. The third kappa shape index (κ3) is 20.4. The second-order valence-electron chi connectivity index (χ2n) is 2.62. The lowest BCUT2D eigenvalue weighted by Crippen LogP contribution is -1.83. The van der Waals surface area contributed by atoms with E-state index >= 15 is 0 Å². The van der Waals surface area contributed by atoms with Crippen LogP contribution in [0, 0.1) is 0 Å². The van der Waals surface area contributed by atoms with Gasteiger partial charge in [-0.05, 0) is 18.4 Å². The molecule has 0 aliphatic carbocycles. The van der Waals surface area contributed by atoms with Crippen LogP contribution in [0.1, 0.15) is 68.2 Å². The lowest BCUT2D eigenvalue weighted by Gasteiger charge is -2.03. The highest BCUT2D eigenvalue weighted by Gasteiger charge is 1.94. The Kier molecular flexibility index (Phi) is 42.5.